The van der Waals surface area contributed by atoms with Crippen LogP contribution in [0.4, 0.5) is 0 Å². The number of rotatable bonds is 5. The van der Waals surface area contributed by atoms with E-state index >= 15 is 0 Å². The van der Waals surface area contributed by atoms with E-state index in [-0.39, 0.29) is 0 Å². The number of nitrogens with one attached hydrogen (secondary N) is 1. The fraction of sp³-hybridized carbons (Fsp3) is 0.538. The molecule has 0 aliphatic heterocycles. The molecular formula is C13H18ClN. The first kappa shape index (κ1) is 11.0. The number of alkyl halides is 1. The molecule has 0 aromatic heterocycles. The molecule has 0 heterocycles. The fourth-order valence-corrected chi connectivity index (χ4v) is 2.04. The summed E-state index contributed by atoms with van der Waals surface area (Å²) < 4.78 is 0. The van der Waals surface area contributed by atoms with E-state index < -0.39 is 0 Å². The number of hydrogen-bond acceptors (Lipinski definition) is 1. The van der Waals surface area contributed by atoms with Gasteiger partial charge in [0.05, 0.1) is 0 Å². The fourth-order valence-electron chi connectivity index (χ4n) is 1.86. The zero-order valence-electron chi connectivity index (χ0n) is 9.01. The summed E-state index contributed by atoms with van der Waals surface area (Å²) in [6.07, 6.45) is 4.26. The zero-order chi connectivity index (χ0) is 10.5. The van der Waals surface area contributed by atoms with Crippen LogP contribution in [0.25, 0.3) is 0 Å². The third-order valence-electron chi connectivity index (χ3n) is 3.16. The van der Waals surface area contributed by atoms with Crippen molar-refractivity contribution in [2.75, 3.05) is 6.54 Å². The summed E-state index contributed by atoms with van der Waals surface area (Å²) in [6, 6.07) is 8.53. The minimum atomic E-state index is 0.607. The van der Waals surface area contributed by atoms with Crippen molar-refractivity contribution in [2.24, 2.45) is 5.92 Å². The Kier molecular flexibility index (Phi) is 4.04. The highest BCUT2D eigenvalue weighted by atomic mass is 35.5. The van der Waals surface area contributed by atoms with Crippen LogP contribution in [0.2, 0.25) is 0 Å². The van der Waals surface area contributed by atoms with Crippen LogP contribution in [0.15, 0.2) is 24.3 Å². The van der Waals surface area contributed by atoms with Crippen molar-refractivity contribution in [3.63, 3.8) is 0 Å². The molecule has 15 heavy (non-hydrogen) atoms. The zero-order valence-corrected chi connectivity index (χ0v) is 9.76. The van der Waals surface area contributed by atoms with E-state index in [1.54, 1.807) is 0 Å². The summed E-state index contributed by atoms with van der Waals surface area (Å²) in [5.41, 5.74) is 2.54. The maximum Gasteiger partial charge on any atom is 0.0474 e. The Labute approximate surface area is 96.8 Å². The average molecular weight is 224 g/mol. The molecule has 1 aromatic rings. The third kappa shape index (κ3) is 3.22. The van der Waals surface area contributed by atoms with Gasteiger partial charge in [0, 0.05) is 12.4 Å². The third-order valence-corrected chi connectivity index (χ3v) is 3.47. The number of hydrogen-bond donors (Lipinski definition) is 1. The SMILES string of the molecule is ClCc1ccc(CNCC2CCC2)cc1. The van der Waals surface area contributed by atoms with Gasteiger partial charge in [-0.1, -0.05) is 30.7 Å². The average Bonchev–Trinajstić information content (AvgIpc) is 2.23. The first-order chi connectivity index (χ1) is 7.38. The minimum Gasteiger partial charge on any atom is -0.312 e. The Morgan fingerprint density at radius 2 is 1.80 bits per heavy atom. The molecule has 1 aliphatic carbocycles. The van der Waals surface area contributed by atoms with Crippen molar-refractivity contribution < 1.29 is 0 Å². The van der Waals surface area contributed by atoms with Gasteiger partial charge in [-0.3, -0.25) is 0 Å². The highest BCUT2D eigenvalue weighted by Gasteiger charge is 2.16. The van der Waals surface area contributed by atoms with E-state index in [9.17, 15) is 0 Å². The molecule has 2 rings (SSSR count). The van der Waals surface area contributed by atoms with Gasteiger partial charge < -0.3 is 5.32 Å². The molecule has 82 valence electrons. The predicted molar refractivity (Wildman–Crippen MR) is 65.0 cm³/mol. The second-order valence-electron chi connectivity index (χ2n) is 4.38. The van der Waals surface area contributed by atoms with Crippen LogP contribution in [0.5, 0.6) is 0 Å². The molecule has 0 amide bonds. The lowest BCUT2D eigenvalue weighted by Crippen LogP contribution is -2.26. The van der Waals surface area contributed by atoms with Crippen molar-refractivity contribution in [2.45, 2.75) is 31.7 Å². The van der Waals surface area contributed by atoms with Gasteiger partial charge in [-0.15, -0.1) is 11.6 Å². The van der Waals surface area contributed by atoms with Gasteiger partial charge in [-0.25, -0.2) is 0 Å². The van der Waals surface area contributed by atoms with Crippen LogP contribution in [0, 0.1) is 5.92 Å². The highest BCUT2D eigenvalue weighted by Crippen LogP contribution is 2.25. The summed E-state index contributed by atoms with van der Waals surface area (Å²) >= 11 is 5.74. The van der Waals surface area contributed by atoms with Crippen LogP contribution in [-0.4, -0.2) is 6.54 Å². The van der Waals surface area contributed by atoms with E-state index in [0.29, 0.717) is 5.88 Å². The monoisotopic (exact) mass is 223 g/mol. The van der Waals surface area contributed by atoms with Crippen LogP contribution in [0.3, 0.4) is 0 Å². The molecule has 1 N–H and O–H groups in total. The molecular weight excluding hydrogens is 206 g/mol. The summed E-state index contributed by atoms with van der Waals surface area (Å²) in [4.78, 5) is 0. The molecule has 0 atom stereocenters. The first-order valence-electron chi connectivity index (χ1n) is 5.73. The van der Waals surface area contributed by atoms with Crippen molar-refractivity contribution in [3.8, 4) is 0 Å². The maximum absolute atomic E-state index is 5.74. The number of halogens is 1. The van der Waals surface area contributed by atoms with Crippen molar-refractivity contribution in [1.82, 2.24) is 5.32 Å². The second-order valence-corrected chi connectivity index (χ2v) is 4.65. The normalized spacial score (nSPS) is 16.3. The van der Waals surface area contributed by atoms with Gasteiger partial charge in [0.1, 0.15) is 0 Å². The van der Waals surface area contributed by atoms with E-state index in [2.05, 4.69) is 29.6 Å². The van der Waals surface area contributed by atoms with E-state index in [0.717, 1.165) is 12.5 Å². The molecule has 0 radical (unpaired) electrons. The minimum absolute atomic E-state index is 0.607. The van der Waals surface area contributed by atoms with Crippen molar-refractivity contribution >= 4 is 11.6 Å². The summed E-state index contributed by atoms with van der Waals surface area (Å²) in [5.74, 6) is 1.54. The van der Waals surface area contributed by atoms with Crippen molar-refractivity contribution in [3.05, 3.63) is 35.4 Å². The molecule has 1 aromatic carbocycles. The molecule has 0 saturated heterocycles. The van der Waals surface area contributed by atoms with Crippen LogP contribution < -0.4 is 5.32 Å². The lowest BCUT2D eigenvalue weighted by molar-refractivity contribution is 0.301. The van der Waals surface area contributed by atoms with Crippen LogP contribution in [-0.2, 0) is 12.4 Å². The molecule has 0 unspecified atom stereocenters. The largest absolute Gasteiger partial charge is 0.312 e. The summed E-state index contributed by atoms with van der Waals surface area (Å²) in [7, 11) is 0. The smallest absolute Gasteiger partial charge is 0.0474 e. The molecule has 1 aliphatic rings. The molecule has 0 bridgehead atoms. The van der Waals surface area contributed by atoms with Gasteiger partial charge in [0.25, 0.3) is 0 Å². The lowest BCUT2D eigenvalue weighted by Gasteiger charge is -2.25. The molecule has 1 nitrogen and oxygen atoms in total. The maximum atomic E-state index is 5.74. The van der Waals surface area contributed by atoms with Crippen molar-refractivity contribution in [1.29, 1.82) is 0 Å². The quantitative estimate of drug-likeness (QED) is 0.756. The molecule has 0 spiro atoms. The Hall–Kier alpha value is -0.530. The molecule has 1 fully saturated rings. The highest BCUT2D eigenvalue weighted by molar-refractivity contribution is 6.17. The Bertz CT molecular complexity index is 290. The second kappa shape index (κ2) is 5.53. The van der Waals surface area contributed by atoms with Crippen LogP contribution >= 0.6 is 11.6 Å². The first-order valence-corrected chi connectivity index (χ1v) is 6.26. The number of benzene rings is 1. The lowest BCUT2D eigenvalue weighted by atomic mass is 9.85. The van der Waals surface area contributed by atoms with Crippen LogP contribution in [0.1, 0.15) is 30.4 Å². The molecule has 1 saturated carbocycles. The van der Waals surface area contributed by atoms with Gasteiger partial charge in [-0.05, 0) is 36.4 Å². The molecule has 2 heteroatoms. The Morgan fingerprint density at radius 1 is 1.13 bits per heavy atom. The van der Waals surface area contributed by atoms with E-state index in [1.807, 2.05) is 0 Å². The van der Waals surface area contributed by atoms with Gasteiger partial charge in [0.2, 0.25) is 0 Å². The Morgan fingerprint density at radius 3 is 2.33 bits per heavy atom. The van der Waals surface area contributed by atoms with Gasteiger partial charge in [-0.2, -0.15) is 0 Å². The standard InChI is InChI=1S/C13H18ClN/c14-8-11-4-6-13(7-5-11)10-15-9-12-2-1-3-12/h4-7,12,15H,1-3,8-10H2. The predicted octanol–water partition coefficient (Wildman–Crippen LogP) is 3.32. The van der Waals surface area contributed by atoms with E-state index in [1.165, 1.54) is 36.9 Å². The topological polar surface area (TPSA) is 12.0 Å². The van der Waals surface area contributed by atoms with Gasteiger partial charge in [0.15, 0.2) is 0 Å². The van der Waals surface area contributed by atoms with E-state index in [4.69, 9.17) is 11.6 Å². The Balaban J connectivity index is 1.72. The van der Waals surface area contributed by atoms with Gasteiger partial charge >= 0.3 is 0 Å². The summed E-state index contributed by atoms with van der Waals surface area (Å²) in [6.45, 7) is 2.16. The summed E-state index contributed by atoms with van der Waals surface area (Å²) in [5, 5.41) is 3.51.